The number of ketones is 1. The maximum absolute atomic E-state index is 13.6. The van der Waals surface area contributed by atoms with E-state index >= 15 is 0 Å². The highest BCUT2D eigenvalue weighted by Crippen LogP contribution is 2.45. The van der Waals surface area contributed by atoms with Gasteiger partial charge in [-0.2, -0.15) is 0 Å². The van der Waals surface area contributed by atoms with Crippen LogP contribution < -0.4 is 9.64 Å². The molecule has 212 valence electrons. The minimum Gasteiger partial charge on any atom is -0.505 e. The number of anilines is 1. The Labute approximate surface area is 246 Å². The molecule has 1 aliphatic heterocycles. The predicted octanol–water partition coefficient (Wildman–Crippen LogP) is 5.27. The lowest BCUT2D eigenvalue weighted by atomic mass is 9.96. The highest BCUT2D eigenvalue weighted by atomic mass is 32.2. The van der Waals surface area contributed by atoms with E-state index < -0.39 is 23.5 Å². The van der Waals surface area contributed by atoms with E-state index in [2.05, 4.69) is 15.2 Å². The van der Waals surface area contributed by atoms with Crippen LogP contribution >= 0.6 is 23.1 Å². The molecule has 4 heterocycles. The number of thioether (sulfide) groups is 1. The van der Waals surface area contributed by atoms with Gasteiger partial charge in [0.15, 0.2) is 21.6 Å². The molecule has 2 N–H and O–H groups in total. The number of fused-ring (bicyclic) bond motifs is 1. The number of ether oxygens (including phenoxy) is 1. The molecule has 2 aromatic carbocycles. The number of aliphatic hydroxyl groups excluding tert-OH is 1. The Morgan fingerprint density at radius 1 is 1.12 bits per heavy atom. The largest absolute Gasteiger partial charge is 0.505 e. The first-order valence-corrected chi connectivity index (χ1v) is 14.4. The number of phenolic OH excluding ortho intramolecular Hbond substituents is 1. The molecular formula is C29H22FN5O5S2. The minimum absolute atomic E-state index is 0.122. The van der Waals surface area contributed by atoms with Crippen molar-refractivity contribution in [1.82, 2.24) is 19.6 Å². The van der Waals surface area contributed by atoms with Gasteiger partial charge < -0.3 is 14.9 Å². The molecule has 42 heavy (non-hydrogen) atoms. The van der Waals surface area contributed by atoms with Gasteiger partial charge in [-0.1, -0.05) is 47.4 Å². The fourth-order valence-electron chi connectivity index (χ4n) is 4.82. The molecule has 1 unspecified atom stereocenters. The van der Waals surface area contributed by atoms with E-state index in [4.69, 9.17) is 4.74 Å². The SMILES string of the molecule is COc1cc(C2C(=C(O)c3c(C)nc4ccccn34)C(=O)C(=O)N2c2nnc(SCc3ccc(F)cc3)s2)ccc1O. The average Bonchev–Trinajstić information content (AvgIpc) is 3.66. The number of carbonyl (C=O) groups is 2. The summed E-state index contributed by atoms with van der Waals surface area (Å²) in [6, 6.07) is 14.7. The lowest BCUT2D eigenvalue weighted by Crippen LogP contribution is -2.29. The van der Waals surface area contributed by atoms with Crippen LogP contribution in [0.3, 0.4) is 0 Å². The summed E-state index contributed by atoms with van der Waals surface area (Å²) in [7, 11) is 1.38. The second kappa shape index (κ2) is 10.9. The zero-order chi connectivity index (χ0) is 29.5. The van der Waals surface area contributed by atoms with Gasteiger partial charge in [-0.05, 0) is 54.4 Å². The van der Waals surface area contributed by atoms with Crippen LogP contribution in [0.15, 0.2) is 76.8 Å². The lowest BCUT2D eigenvalue weighted by molar-refractivity contribution is -0.132. The van der Waals surface area contributed by atoms with Crippen LogP contribution in [-0.4, -0.2) is 48.6 Å². The molecule has 6 rings (SSSR count). The molecule has 0 saturated carbocycles. The van der Waals surface area contributed by atoms with Gasteiger partial charge in [0.05, 0.1) is 24.4 Å². The number of hydrogen-bond acceptors (Lipinski definition) is 10. The monoisotopic (exact) mass is 603 g/mol. The van der Waals surface area contributed by atoms with E-state index in [-0.39, 0.29) is 33.7 Å². The van der Waals surface area contributed by atoms with E-state index in [0.717, 1.165) is 16.9 Å². The van der Waals surface area contributed by atoms with Gasteiger partial charge in [0, 0.05) is 11.9 Å². The van der Waals surface area contributed by atoms with Crippen LogP contribution in [0.5, 0.6) is 11.5 Å². The number of Topliss-reactive ketones (excluding diaryl/α,β-unsaturated/α-hetero) is 1. The Kier molecular flexibility index (Phi) is 7.12. The van der Waals surface area contributed by atoms with Crippen LogP contribution in [0.25, 0.3) is 11.4 Å². The molecule has 0 spiro atoms. The molecule has 0 radical (unpaired) electrons. The van der Waals surface area contributed by atoms with E-state index in [1.807, 2.05) is 0 Å². The van der Waals surface area contributed by atoms with Crippen LogP contribution in [0.1, 0.15) is 28.6 Å². The standard InChI is InChI=1S/C29H22FN5O5S2/c1-15-23(34-12-4-3-5-21(34)31-15)25(37)22-24(17-8-11-19(36)20(13-17)40-2)35(27(39)26(22)38)28-32-33-29(42-28)41-14-16-6-9-18(30)10-7-16/h3-13,24,36-37H,14H2,1-2H3. The van der Waals surface area contributed by atoms with Crippen LogP contribution in [0.2, 0.25) is 0 Å². The van der Waals surface area contributed by atoms with Gasteiger partial charge in [-0.15, -0.1) is 10.2 Å². The average molecular weight is 604 g/mol. The van der Waals surface area contributed by atoms with Crippen molar-refractivity contribution in [2.75, 3.05) is 12.0 Å². The summed E-state index contributed by atoms with van der Waals surface area (Å²) in [4.78, 5) is 32.9. The summed E-state index contributed by atoms with van der Waals surface area (Å²) in [6.07, 6.45) is 1.70. The predicted molar refractivity (Wildman–Crippen MR) is 155 cm³/mol. The smallest absolute Gasteiger partial charge is 0.301 e. The Morgan fingerprint density at radius 2 is 1.90 bits per heavy atom. The zero-order valence-corrected chi connectivity index (χ0v) is 23.8. The van der Waals surface area contributed by atoms with Crippen molar-refractivity contribution in [3.8, 4) is 11.5 Å². The highest BCUT2D eigenvalue weighted by Gasteiger charge is 2.49. The van der Waals surface area contributed by atoms with Gasteiger partial charge in [0.2, 0.25) is 5.13 Å². The Bertz CT molecular complexity index is 1890. The molecule has 1 atom stereocenters. The number of pyridine rings is 1. The second-order valence-electron chi connectivity index (χ2n) is 9.34. The van der Waals surface area contributed by atoms with Gasteiger partial charge in [-0.25, -0.2) is 9.37 Å². The van der Waals surface area contributed by atoms with Crippen LogP contribution in [0.4, 0.5) is 9.52 Å². The number of aryl methyl sites for hydroxylation is 1. The molecule has 1 amide bonds. The number of aliphatic hydroxyl groups is 1. The molecule has 13 heteroatoms. The molecule has 5 aromatic rings. The number of nitrogens with zero attached hydrogens (tertiary/aromatic N) is 5. The molecular weight excluding hydrogens is 581 g/mol. The quantitative estimate of drug-likeness (QED) is 0.0840. The first-order valence-electron chi connectivity index (χ1n) is 12.6. The summed E-state index contributed by atoms with van der Waals surface area (Å²) in [5.41, 5.74) is 2.39. The molecule has 0 aliphatic carbocycles. The summed E-state index contributed by atoms with van der Waals surface area (Å²) >= 11 is 2.45. The normalized spacial score (nSPS) is 16.5. The number of rotatable bonds is 7. The summed E-state index contributed by atoms with van der Waals surface area (Å²) < 4.78 is 20.7. The number of aromatic nitrogens is 4. The van der Waals surface area contributed by atoms with Crippen molar-refractivity contribution >= 4 is 51.3 Å². The maximum atomic E-state index is 13.6. The first-order chi connectivity index (χ1) is 20.3. The highest BCUT2D eigenvalue weighted by molar-refractivity contribution is 8.00. The summed E-state index contributed by atoms with van der Waals surface area (Å²) in [5, 5.41) is 30.4. The number of imidazole rings is 1. The maximum Gasteiger partial charge on any atom is 0.301 e. The van der Waals surface area contributed by atoms with E-state index in [9.17, 15) is 24.2 Å². The molecule has 1 fully saturated rings. The fourth-order valence-corrected chi connectivity index (χ4v) is 6.64. The van der Waals surface area contributed by atoms with Crippen LogP contribution in [0, 0.1) is 12.7 Å². The third-order valence-corrected chi connectivity index (χ3v) is 8.90. The summed E-state index contributed by atoms with van der Waals surface area (Å²) in [5.74, 6) is -2.07. The Hall–Kier alpha value is -4.75. The van der Waals surface area contributed by atoms with Crippen LogP contribution in [-0.2, 0) is 15.3 Å². The van der Waals surface area contributed by atoms with Gasteiger partial charge in [-0.3, -0.25) is 18.9 Å². The number of phenols is 1. The number of hydrogen-bond donors (Lipinski definition) is 2. The van der Waals surface area contributed by atoms with E-state index in [1.165, 1.54) is 48.0 Å². The number of methoxy groups -OCH3 is 1. The first kappa shape index (κ1) is 27.4. The van der Waals surface area contributed by atoms with Crippen molar-refractivity contribution in [1.29, 1.82) is 0 Å². The van der Waals surface area contributed by atoms with Crippen molar-refractivity contribution in [3.63, 3.8) is 0 Å². The van der Waals surface area contributed by atoms with Crippen molar-refractivity contribution in [3.05, 3.63) is 101 Å². The number of amides is 1. The van der Waals surface area contributed by atoms with Crippen molar-refractivity contribution in [2.24, 2.45) is 0 Å². The van der Waals surface area contributed by atoms with Gasteiger partial charge >= 0.3 is 5.91 Å². The third-order valence-electron chi connectivity index (χ3n) is 6.77. The number of carbonyl (C=O) groups excluding carboxylic acids is 2. The fraction of sp³-hybridized carbons (Fsp3) is 0.138. The summed E-state index contributed by atoms with van der Waals surface area (Å²) in [6.45, 7) is 1.70. The zero-order valence-electron chi connectivity index (χ0n) is 22.2. The molecule has 1 aliphatic rings. The van der Waals surface area contributed by atoms with Gasteiger partial charge in [0.1, 0.15) is 17.2 Å². The van der Waals surface area contributed by atoms with E-state index in [1.54, 1.807) is 53.9 Å². The lowest BCUT2D eigenvalue weighted by Gasteiger charge is -2.23. The number of halogens is 1. The minimum atomic E-state index is -1.11. The molecule has 1 saturated heterocycles. The number of aromatic hydroxyl groups is 1. The molecule has 0 bridgehead atoms. The third kappa shape index (κ3) is 4.76. The van der Waals surface area contributed by atoms with Crippen molar-refractivity contribution in [2.45, 2.75) is 23.1 Å². The topological polar surface area (TPSA) is 130 Å². The van der Waals surface area contributed by atoms with E-state index in [0.29, 0.717) is 27.0 Å². The second-order valence-corrected chi connectivity index (χ2v) is 11.5. The number of benzene rings is 2. The van der Waals surface area contributed by atoms with Gasteiger partial charge in [0.25, 0.3) is 5.78 Å². The molecule has 3 aromatic heterocycles. The Balaban J connectivity index is 1.46. The Morgan fingerprint density at radius 3 is 2.67 bits per heavy atom. The van der Waals surface area contributed by atoms with Crippen molar-refractivity contribution < 1.29 is 28.9 Å². The molecule has 10 nitrogen and oxygen atoms in total.